The average Bonchev–Trinajstić information content (AvgIpc) is 2.42. The van der Waals surface area contributed by atoms with Crippen LogP contribution in [-0.4, -0.2) is 40.6 Å². The number of hydrogen-bond donors (Lipinski definition) is 1. The van der Waals surface area contributed by atoms with E-state index in [1.165, 1.54) is 12.8 Å². The third kappa shape index (κ3) is 2.13. The number of fused-ring (bicyclic) bond motifs is 2. The predicted octanol–water partition coefficient (Wildman–Crippen LogP) is 1.77. The maximum Gasteiger partial charge on any atom is 0.0570 e. The molecule has 80 valence electrons. The van der Waals surface area contributed by atoms with E-state index >= 15 is 0 Å². The zero-order valence-electron chi connectivity index (χ0n) is 8.40. The molecule has 2 fully saturated rings. The highest BCUT2D eigenvalue weighted by Crippen LogP contribution is 2.35. The Morgan fingerprint density at radius 2 is 1.86 bits per heavy atom. The third-order valence-electron chi connectivity index (χ3n) is 3.43. The SMILES string of the molecule is OC1CC2CCC(C1)N2CC=CCCl. The molecule has 1 N–H and O–H groups in total. The smallest absolute Gasteiger partial charge is 0.0570 e. The van der Waals surface area contributed by atoms with E-state index in [1.807, 2.05) is 6.08 Å². The van der Waals surface area contributed by atoms with Crippen molar-refractivity contribution in [3.8, 4) is 0 Å². The molecule has 3 heteroatoms. The monoisotopic (exact) mass is 215 g/mol. The summed E-state index contributed by atoms with van der Waals surface area (Å²) in [5.74, 6) is 0.603. The summed E-state index contributed by atoms with van der Waals surface area (Å²) >= 11 is 5.59. The Morgan fingerprint density at radius 3 is 2.43 bits per heavy atom. The number of hydrogen-bond acceptors (Lipinski definition) is 2. The molecule has 0 radical (unpaired) electrons. The fourth-order valence-corrected chi connectivity index (χ4v) is 2.93. The lowest BCUT2D eigenvalue weighted by molar-refractivity contribution is 0.0421. The topological polar surface area (TPSA) is 23.5 Å². The van der Waals surface area contributed by atoms with Crippen LogP contribution in [0.2, 0.25) is 0 Å². The fraction of sp³-hybridized carbons (Fsp3) is 0.818. The Labute approximate surface area is 90.5 Å². The number of alkyl halides is 1. The molecular formula is C11H18ClNO. The van der Waals surface area contributed by atoms with Crippen molar-refractivity contribution in [3.05, 3.63) is 12.2 Å². The van der Waals surface area contributed by atoms with Gasteiger partial charge in [0.05, 0.1) is 6.10 Å². The van der Waals surface area contributed by atoms with Crippen molar-refractivity contribution in [2.75, 3.05) is 12.4 Å². The van der Waals surface area contributed by atoms with Crippen LogP contribution < -0.4 is 0 Å². The average molecular weight is 216 g/mol. The summed E-state index contributed by atoms with van der Waals surface area (Å²) in [5, 5.41) is 9.61. The van der Waals surface area contributed by atoms with Crippen molar-refractivity contribution in [1.29, 1.82) is 0 Å². The normalized spacial score (nSPS) is 38.3. The molecule has 0 amide bonds. The highest BCUT2D eigenvalue weighted by atomic mass is 35.5. The molecule has 2 nitrogen and oxygen atoms in total. The second-order valence-electron chi connectivity index (χ2n) is 4.33. The molecule has 2 bridgehead atoms. The Hall–Kier alpha value is -0.0500. The van der Waals surface area contributed by atoms with E-state index < -0.39 is 0 Å². The van der Waals surface area contributed by atoms with Crippen LogP contribution in [0, 0.1) is 0 Å². The van der Waals surface area contributed by atoms with Gasteiger partial charge >= 0.3 is 0 Å². The first-order valence-corrected chi connectivity index (χ1v) is 5.99. The van der Waals surface area contributed by atoms with Crippen molar-refractivity contribution in [1.82, 2.24) is 4.90 Å². The van der Waals surface area contributed by atoms with E-state index in [2.05, 4.69) is 11.0 Å². The molecule has 0 aromatic rings. The second-order valence-corrected chi connectivity index (χ2v) is 4.64. The van der Waals surface area contributed by atoms with Gasteiger partial charge in [-0.3, -0.25) is 4.90 Å². The highest BCUT2D eigenvalue weighted by molar-refractivity contribution is 6.18. The molecule has 2 aliphatic rings. The number of rotatable bonds is 3. The molecule has 2 unspecified atom stereocenters. The van der Waals surface area contributed by atoms with E-state index in [-0.39, 0.29) is 6.10 Å². The molecule has 14 heavy (non-hydrogen) atoms. The van der Waals surface area contributed by atoms with Crippen LogP contribution in [-0.2, 0) is 0 Å². The van der Waals surface area contributed by atoms with Gasteiger partial charge in [-0.15, -0.1) is 11.6 Å². The Bertz CT molecular complexity index is 205. The molecule has 2 rings (SSSR count). The maximum absolute atomic E-state index is 9.61. The van der Waals surface area contributed by atoms with Gasteiger partial charge in [-0.05, 0) is 25.7 Å². The van der Waals surface area contributed by atoms with Gasteiger partial charge in [0.25, 0.3) is 0 Å². The number of aliphatic hydroxyl groups excluding tert-OH is 1. The number of nitrogens with zero attached hydrogens (tertiary/aromatic N) is 1. The molecular weight excluding hydrogens is 198 g/mol. The third-order valence-corrected chi connectivity index (χ3v) is 3.61. The first-order chi connectivity index (χ1) is 6.81. The van der Waals surface area contributed by atoms with Gasteiger partial charge in [0.1, 0.15) is 0 Å². The summed E-state index contributed by atoms with van der Waals surface area (Å²) in [6.07, 6.45) is 8.55. The molecule has 0 saturated carbocycles. The summed E-state index contributed by atoms with van der Waals surface area (Å²) < 4.78 is 0. The second kappa shape index (κ2) is 4.65. The molecule has 2 heterocycles. The van der Waals surface area contributed by atoms with Crippen LogP contribution in [0.25, 0.3) is 0 Å². The van der Waals surface area contributed by atoms with Gasteiger partial charge in [0.2, 0.25) is 0 Å². The minimum Gasteiger partial charge on any atom is -0.393 e. The van der Waals surface area contributed by atoms with Crippen molar-refractivity contribution >= 4 is 11.6 Å². The lowest BCUT2D eigenvalue weighted by Crippen LogP contribution is -2.44. The van der Waals surface area contributed by atoms with Gasteiger partial charge in [-0.2, -0.15) is 0 Å². The summed E-state index contributed by atoms with van der Waals surface area (Å²) in [6, 6.07) is 1.23. The van der Waals surface area contributed by atoms with Crippen molar-refractivity contribution < 1.29 is 5.11 Å². The number of aliphatic hydroxyl groups is 1. The molecule has 2 saturated heterocycles. The lowest BCUT2D eigenvalue weighted by Gasteiger charge is -2.36. The summed E-state index contributed by atoms with van der Waals surface area (Å²) in [6.45, 7) is 1.01. The number of allylic oxidation sites excluding steroid dienone is 1. The van der Waals surface area contributed by atoms with E-state index in [0.29, 0.717) is 18.0 Å². The van der Waals surface area contributed by atoms with E-state index in [1.54, 1.807) is 0 Å². The zero-order valence-corrected chi connectivity index (χ0v) is 9.16. The Kier molecular flexibility index (Phi) is 3.47. The van der Waals surface area contributed by atoms with Crippen molar-refractivity contribution in [2.45, 2.75) is 43.9 Å². The van der Waals surface area contributed by atoms with Gasteiger partial charge in [0.15, 0.2) is 0 Å². The van der Waals surface area contributed by atoms with Crippen LogP contribution in [0.15, 0.2) is 12.2 Å². The van der Waals surface area contributed by atoms with Gasteiger partial charge in [-0.25, -0.2) is 0 Å². The standard InChI is InChI=1S/C11H18ClNO/c12-5-1-2-6-13-9-3-4-10(13)8-11(14)7-9/h1-2,9-11,14H,3-8H2. The van der Waals surface area contributed by atoms with Gasteiger partial charge in [-0.1, -0.05) is 12.2 Å². The maximum atomic E-state index is 9.61. The highest BCUT2D eigenvalue weighted by Gasteiger charge is 2.39. The molecule has 2 atom stereocenters. The minimum atomic E-state index is -0.0549. The van der Waals surface area contributed by atoms with Crippen LogP contribution in [0.3, 0.4) is 0 Å². The fourth-order valence-electron chi connectivity index (χ4n) is 2.80. The van der Waals surface area contributed by atoms with Crippen LogP contribution in [0.1, 0.15) is 25.7 Å². The molecule has 0 aliphatic carbocycles. The minimum absolute atomic E-state index is 0.0549. The molecule has 0 spiro atoms. The molecule has 0 aromatic heterocycles. The Balaban J connectivity index is 1.90. The van der Waals surface area contributed by atoms with E-state index in [4.69, 9.17) is 11.6 Å². The molecule has 0 aromatic carbocycles. The van der Waals surface area contributed by atoms with Gasteiger partial charge in [0, 0.05) is 24.5 Å². The number of halogens is 1. The summed E-state index contributed by atoms with van der Waals surface area (Å²) in [4.78, 5) is 2.52. The van der Waals surface area contributed by atoms with Crippen LogP contribution >= 0.6 is 11.6 Å². The summed E-state index contributed by atoms with van der Waals surface area (Å²) in [7, 11) is 0. The predicted molar refractivity (Wildman–Crippen MR) is 58.6 cm³/mol. The van der Waals surface area contributed by atoms with E-state index in [9.17, 15) is 5.11 Å². The van der Waals surface area contributed by atoms with Gasteiger partial charge < -0.3 is 5.11 Å². The van der Waals surface area contributed by atoms with Crippen LogP contribution in [0.4, 0.5) is 0 Å². The quantitative estimate of drug-likeness (QED) is 0.573. The Morgan fingerprint density at radius 1 is 1.21 bits per heavy atom. The lowest BCUT2D eigenvalue weighted by atomic mass is 10.00. The van der Waals surface area contributed by atoms with Crippen LogP contribution in [0.5, 0.6) is 0 Å². The molecule has 2 aliphatic heterocycles. The summed E-state index contributed by atoms with van der Waals surface area (Å²) in [5.41, 5.74) is 0. The first-order valence-electron chi connectivity index (χ1n) is 5.46. The van der Waals surface area contributed by atoms with Crippen molar-refractivity contribution in [3.63, 3.8) is 0 Å². The number of piperidine rings is 1. The first kappa shape index (κ1) is 10.5. The van der Waals surface area contributed by atoms with E-state index in [0.717, 1.165) is 19.4 Å². The van der Waals surface area contributed by atoms with Crippen molar-refractivity contribution in [2.24, 2.45) is 0 Å². The largest absolute Gasteiger partial charge is 0.393 e. The zero-order chi connectivity index (χ0) is 9.97.